The van der Waals surface area contributed by atoms with E-state index in [-0.39, 0.29) is 5.49 Å². The smallest absolute Gasteiger partial charge is 0.349 e. The summed E-state index contributed by atoms with van der Waals surface area (Å²) in [6.45, 7) is 5.41. The van der Waals surface area contributed by atoms with Crippen molar-refractivity contribution in [3.63, 3.8) is 0 Å². The average Bonchev–Trinajstić information content (AvgIpc) is 2.67. The molecule has 8 heteroatoms. The van der Waals surface area contributed by atoms with Crippen molar-refractivity contribution in [2.24, 2.45) is 4.99 Å². The molecule has 6 nitrogen and oxygen atoms in total. The summed E-state index contributed by atoms with van der Waals surface area (Å²) >= 11 is 0. The Bertz CT molecular complexity index is 1200. The van der Waals surface area contributed by atoms with Gasteiger partial charge in [-0.3, -0.25) is 10.1 Å². The molecule has 3 rings (SSSR count). The van der Waals surface area contributed by atoms with Gasteiger partial charge < -0.3 is 5.21 Å². The minimum absolute atomic E-state index is 0.139. The molecule has 0 saturated carbocycles. The van der Waals surface area contributed by atoms with Gasteiger partial charge in [0, 0.05) is 5.56 Å². The third-order valence-corrected chi connectivity index (χ3v) is 4.60. The summed E-state index contributed by atoms with van der Waals surface area (Å²) in [5, 5.41) is 12.2. The van der Waals surface area contributed by atoms with Crippen LogP contribution in [-0.2, 0) is 0 Å². The molecule has 1 aromatic heterocycles. The molecule has 1 heterocycles. The number of nitrogens with one attached hydrogen (secondary N) is 1. The minimum Gasteiger partial charge on any atom is -0.427 e. The van der Waals surface area contributed by atoms with Crippen LogP contribution in [0.2, 0.25) is 0 Å². The van der Waals surface area contributed by atoms with Crippen molar-refractivity contribution in [3.8, 4) is 11.1 Å². The highest BCUT2D eigenvalue weighted by Gasteiger charge is 2.19. The number of imide groups is 1. The standard InChI is InChI=1S/C22H19F2N3O3/c1-12-7-9-15(10-8-12)19-13(2)11-18(27(30)14(19)3)25-22(29)26-21(28)20-16(23)5-4-6-17(20)24/h4-11,30H,1-3H3,(H,26,28,29). The number of halogens is 2. The number of pyridine rings is 1. The molecule has 154 valence electrons. The zero-order chi connectivity index (χ0) is 22.0. The van der Waals surface area contributed by atoms with Crippen LogP contribution in [0.5, 0.6) is 0 Å². The van der Waals surface area contributed by atoms with Gasteiger partial charge in [0.1, 0.15) is 17.2 Å². The van der Waals surface area contributed by atoms with E-state index in [9.17, 15) is 23.6 Å². The molecule has 0 spiro atoms. The van der Waals surface area contributed by atoms with Crippen molar-refractivity contribution in [3.05, 3.63) is 88.0 Å². The summed E-state index contributed by atoms with van der Waals surface area (Å²) in [6.07, 6.45) is 0. The van der Waals surface area contributed by atoms with Crippen LogP contribution in [0.3, 0.4) is 0 Å². The van der Waals surface area contributed by atoms with Gasteiger partial charge in [-0.15, -0.1) is 0 Å². The number of rotatable bonds is 2. The van der Waals surface area contributed by atoms with Gasteiger partial charge in [0.15, 0.2) is 5.49 Å². The monoisotopic (exact) mass is 411 g/mol. The van der Waals surface area contributed by atoms with Crippen LogP contribution < -0.4 is 10.8 Å². The summed E-state index contributed by atoms with van der Waals surface area (Å²) in [7, 11) is 0. The van der Waals surface area contributed by atoms with Crippen molar-refractivity contribution >= 4 is 11.9 Å². The first-order valence-electron chi connectivity index (χ1n) is 9.02. The second-order valence-electron chi connectivity index (χ2n) is 6.79. The third kappa shape index (κ3) is 4.12. The predicted octanol–water partition coefficient (Wildman–Crippen LogP) is 4.05. The highest BCUT2D eigenvalue weighted by Crippen LogP contribution is 2.25. The summed E-state index contributed by atoms with van der Waals surface area (Å²) < 4.78 is 28.1. The maximum Gasteiger partial charge on any atom is 0.349 e. The Hall–Kier alpha value is -3.81. The second kappa shape index (κ2) is 8.28. The van der Waals surface area contributed by atoms with Gasteiger partial charge in [-0.25, -0.2) is 13.6 Å². The molecule has 0 aliphatic rings. The number of aromatic nitrogens is 1. The Morgan fingerprint density at radius 3 is 2.20 bits per heavy atom. The Labute approximate surface area is 171 Å². The van der Waals surface area contributed by atoms with Crippen LogP contribution in [0.25, 0.3) is 11.1 Å². The van der Waals surface area contributed by atoms with Crippen LogP contribution in [0.1, 0.15) is 27.2 Å². The Morgan fingerprint density at radius 1 is 1.00 bits per heavy atom. The van der Waals surface area contributed by atoms with E-state index in [1.54, 1.807) is 19.2 Å². The number of hydrogen-bond acceptors (Lipinski definition) is 3. The van der Waals surface area contributed by atoms with E-state index in [0.717, 1.165) is 45.2 Å². The molecular formula is C22H19F2N3O3. The fourth-order valence-electron chi connectivity index (χ4n) is 3.13. The molecule has 0 aliphatic carbocycles. The molecule has 0 saturated heterocycles. The fourth-order valence-corrected chi connectivity index (χ4v) is 3.13. The quantitative estimate of drug-likeness (QED) is 0.624. The topological polar surface area (TPSA) is 83.7 Å². The number of nitrogens with zero attached hydrogens (tertiary/aromatic N) is 2. The molecule has 30 heavy (non-hydrogen) atoms. The first kappa shape index (κ1) is 20.9. The lowest BCUT2D eigenvalue weighted by Crippen LogP contribution is -2.33. The van der Waals surface area contributed by atoms with Crippen molar-refractivity contribution in [2.45, 2.75) is 20.8 Å². The Balaban J connectivity index is 1.95. The molecule has 0 aliphatic heterocycles. The molecule has 2 N–H and O–H groups in total. The number of aryl methyl sites for hydroxylation is 2. The summed E-state index contributed by atoms with van der Waals surface area (Å²) in [5.41, 5.74) is 2.86. The second-order valence-corrected chi connectivity index (χ2v) is 6.79. The van der Waals surface area contributed by atoms with E-state index in [1.807, 2.05) is 31.2 Å². The first-order chi connectivity index (χ1) is 14.2. The van der Waals surface area contributed by atoms with E-state index in [2.05, 4.69) is 4.99 Å². The van der Waals surface area contributed by atoms with Crippen LogP contribution in [0, 0.1) is 32.4 Å². The van der Waals surface area contributed by atoms with Crippen molar-refractivity contribution < 1.29 is 23.6 Å². The molecule has 0 unspecified atom stereocenters. The normalized spacial score (nSPS) is 11.4. The van der Waals surface area contributed by atoms with Crippen molar-refractivity contribution in [1.82, 2.24) is 10.0 Å². The van der Waals surface area contributed by atoms with Crippen LogP contribution in [0.15, 0.2) is 53.5 Å². The van der Waals surface area contributed by atoms with Crippen LogP contribution >= 0.6 is 0 Å². The molecule has 3 aromatic rings. The van der Waals surface area contributed by atoms with Gasteiger partial charge in [0.2, 0.25) is 0 Å². The number of amides is 3. The summed E-state index contributed by atoms with van der Waals surface area (Å²) in [5.74, 6) is -3.48. The fraction of sp³-hybridized carbons (Fsp3) is 0.136. The van der Waals surface area contributed by atoms with E-state index >= 15 is 0 Å². The van der Waals surface area contributed by atoms with E-state index in [1.165, 1.54) is 6.07 Å². The number of hydrogen-bond donors (Lipinski definition) is 2. The third-order valence-electron chi connectivity index (χ3n) is 4.60. The number of carbonyl (C=O) groups excluding carboxylic acids is 2. The van der Waals surface area contributed by atoms with Gasteiger partial charge in [-0.05, 0) is 50.1 Å². The lowest BCUT2D eigenvalue weighted by atomic mass is 9.98. The van der Waals surface area contributed by atoms with E-state index in [0.29, 0.717) is 5.69 Å². The summed E-state index contributed by atoms with van der Waals surface area (Å²) in [4.78, 5) is 27.8. The number of carbonyl (C=O) groups is 2. The molecule has 3 amide bonds. The number of benzene rings is 2. The van der Waals surface area contributed by atoms with E-state index in [4.69, 9.17) is 0 Å². The molecule has 0 fully saturated rings. The Kier molecular flexibility index (Phi) is 5.77. The minimum atomic E-state index is -1.27. The van der Waals surface area contributed by atoms with Crippen LogP contribution in [-0.4, -0.2) is 21.9 Å². The lowest BCUT2D eigenvalue weighted by molar-refractivity contribution is 0.0957. The van der Waals surface area contributed by atoms with Gasteiger partial charge in [-0.1, -0.05) is 35.9 Å². The maximum absolute atomic E-state index is 13.7. The predicted molar refractivity (Wildman–Crippen MR) is 106 cm³/mol. The zero-order valence-electron chi connectivity index (χ0n) is 16.5. The Morgan fingerprint density at radius 2 is 1.60 bits per heavy atom. The van der Waals surface area contributed by atoms with Crippen molar-refractivity contribution in [1.29, 1.82) is 0 Å². The first-order valence-corrected chi connectivity index (χ1v) is 9.02. The van der Waals surface area contributed by atoms with E-state index < -0.39 is 29.1 Å². The lowest BCUT2D eigenvalue weighted by Gasteiger charge is -2.14. The molecule has 0 radical (unpaired) electrons. The van der Waals surface area contributed by atoms with Gasteiger partial charge in [0.25, 0.3) is 5.91 Å². The highest BCUT2D eigenvalue weighted by molar-refractivity contribution is 6.04. The highest BCUT2D eigenvalue weighted by atomic mass is 19.1. The molecule has 2 aromatic carbocycles. The largest absolute Gasteiger partial charge is 0.427 e. The maximum atomic E-state index is 13.7. The van der Waals surface area contributed by atoms with Crippen molar-refractivity contribution in [2.75, 3.05) is 0 Å². The van der Waals surface area contributed by atoms with Gasteiger partial charge in [0.05, 0.1) is 5.69 Å². The summed E-state index contributed by atoms with van der Waals surface area (Å²) in [6, 6.07) is 10.9. The molecule has 0 bridgehead atoms. The molecule has 0 atom stereocenters. The van der Waals surface area contributed by atoms with Crippen LogP contribution in [0.4, 0.5) is 13.6 Å². The average molecular weight is 411 g/mol. The number of urea groups is 1. The zero-order valence-corrected chi connectivity index (χ0v) is 16.5. The molecular weight excluding hydrogens is 392 g/mol. The van der Waals surface area contributed by atoms with Gasteiger partial charge in [-0.2, -0.15) is 9.72 Å². The van der Waals surface area contributed by atoms with Gasteiger partial charge >= 0.3 is 6.03 Å². The SMILES string of the molecule is Cc1ccc(-c2c(C)cc(=NC(=O)NC(=O)c3c(F)cccc3F)n(O)c2C)cc1.